The molecular weight excluding hydrogens is 470 g/mol. The summed E-state index contributed by atoms with van der Waals surface area (Å²) in [5.74, 6) is -0.375. The minimum Gasteiger partial charge on any atom is -0.379 e. The van der Waals surface area contributed by atoms with E-state index in [1.165, 1.54) is 27.2 Å². The van der Waals surface area contributed by atoms with Crippen molar-refractivity contribution in [1.82, 2.24) is 9.62 Å². The van der Waals surface area contributed by atoms with Gasteiger partial charge in [0.1, 0.15) is 9.77 Å². The molecule has 3 aromatic rings. The highest BCUT2D eigenvalue weighted by molar-refractivity contribution is 7.89. The first kappa shape index (κ1) is 23.0. The lowest BCUT2D eigenvalue weighted by atomic mass is 10.1. The van der Waals surface area contributed by atoms with Crippen LogP contribution in [0, 0.1) is 0 Å². The topological polar surface area (TPSA) is 79.0 Å². The maximum absolute atomic E-state index is 13.0. The third-order valence-electron chi connectivity index (χ3n) is 6.26. The van der Waals surface area contributed by atoms with Crippen molar-refractivity contribution in [2.45, 2.75) is 24.4 Å². The molecule has 3 heterocycles. The van der Waals surface area contributed by atoms with Crippen molar-refractivity contribution in [2.75, 3.05) is 37.7 Å². The number of carbonyl (C=O) groups is 1. The molecule has 34 heavy (non-hydrogen) atoms. The van der Waals surface area contributed by atoms with Gasteiger partial charge in [0.2, 0.25) is 10.0 Å². The quantitative estimate of drug-likeness (QED) is 0.542. The van der Waals surface area contributed by atoms with Crippen molar-refractivity contribution in [3.05, 3.63) is 81.5 Å². The standard InChI is InChI=1S/C25H27N3O4S2/c29-25(24-23(10-16-33-24)34(30,31)28-12-14-32-15-13-28)26-17-19-5-7-20(8-6-19)18-27-11-9-21-3-1-2-4-22(21)27/h1-8,10,16H,9,11-15,17-18H2,(H,26,29). The Morgan fingerprint density at radius 2 is 1.71 bits per heavy atom. The molecule has 1 saturated heterocycles. The van der Waals surface area contributed by atoms with Crippen LogP contribution in [0.1, 0.15) is 26.4 Å². The van der Waals surface area contributed by atoms with E-state index >= 15 is 0 Å². The molecule has 2 aliphatic rings. The van der Waals surface area contributed by atoms with Gasteiger partial charge in [-0.1, -0.05) is 42.5 Å². The molecule has 0 bridgehead atoms. The molecular formula is C25H27N3O4S2. The van der Waals surface area contributed by atoms with Gasteiger partial charge in [-0.15, -0.1) is 11.3 Å². The lowest BCUT2D eigenvalue weighted by Crippen LogP contribution is -2.41. The van der Waals surface area contributed by atoms with Gasteiger partial charge < -0.3 is 15.0 Å². The Morgan fingerprint density at radius 3 is 2.50 bits per heavy atom. The highest BCUT2D eigenvalue weighted by Crippen LogP contribution is 2.29. The van der Waals surface area contributed by atoms with Crippen LogP contribution in [0.4, 0.5) is 5.69 Å². The number of morpholine rings is 1. The smallest absolute Gasteiger partial charge is 0.263 e. The third kappa shape index (κ3) is 4.74. The van der Waals surface area contributed by atoms with E-state index in [9.17, 15) is 13.2 Å². The van der Waals surface area contributed by atoms with Gasteiger partial charge >= 0.3 is 0 Å². The minimum atomic E-state index is -3.72. The van der Waals surface area contributed by atoms with Crippen molar-refractivity contribution < 1.29 is 17.9 Å². The van der Waals surface area contributed by atoms with E-state index < -0.39 is 10.0 Å². The maximum atomic E-state index is 13.0. The fraction of sp³-hybridized carbons (Fsp3) is 0.320. The van der Waals surface area contributed by atoms with Crippen molar-refractivity contribution in [3.63, 3.8) is 0 Å². The van der Waals surface area contributed by atoms with Gasteiger partial charge in [-0.3, -0.25) is 4.79 Å². The number of hydrogen-bond acceptors (Lipinski definition) is 6. The Morgan fingerprint density at radius 1 is 0.971 bits per heavy atom. The number of rotatable bonds is 7. The van der Waals surface area contributed by atoms with Crippen LogP contribution in [0.3, 0.4) is 0 Å². The van der Waals surface area contributed by atoms with Crippen LogP contribution in [0.15, 0.2) is 64.9 Å². The second kappa shape index (κ2) is 9.87. The predicted octanol–water partition coefficient (Wildman–Crippen LogP) is 3.26. The number of nitrogens with zero attached hydrogens (tertiary/aromatic N) is 2. The van der Waals surface area contributed by atoms with Crippen LogP contribution in [0.2, 0.25) is 0 Å². The van der Waals surface area contributed by atoms with Gasteiger partial charge in [0.15, 0.2) is 0 Å². The highest BCUT2D eigenvalue weighted by atomic mass is 32.2. The summed E-state index contributed by atoms with van der Waals surface area (Å²) in [5.41, 5.74) is 4.88. The molecule has 0 aliphatic carbocycles. The number of hydrogen-bond donors (Lipinski definition) is 1. The largest absolute Gasteiger partial charge is 0.379 e. The molecule has 9 heteroatoms. The van der Waals surface area contributed by atoms with E-state index in [0.29, 0.717) is 32.8 Å². The zero-order chi connectivity index (χ0) is 23.5. The van der Waals surface area contributed by atoms with Gasteiger partial charge in [-0.25, -0.2) is 8.42 Å². The number of ether oxygens (including phenoxy) is 1. The summed E-state index contributed by atoms with van der Waals surface area (Å²) in [6.45, 7) is 3.54. The van der Waals surface area contributed by atoms with Crippen LogP contribution in [-0.2, 0) is 34.3 Å². The molecule has 2 aromatic carbocycles. The Hall–Kier alpha value is -2.72. The van der Waals surface area contributed by atoms with Crippen LogP contribution >= 0.6 is 11.3 Å². The molecule has 0 atom stereocenters. The van der Waals surface area contributed by atoms with E-state index in [2.05, 4.69) is 46.6 Å². The summed E-state index contributed by atoms with van der Waals surface area (Å²) in [6, 6.07) is 18.2. The number of nitrogens with one attached hydrogen (secondary N) is 1. The number of sulfonamides is 1. The molecule has 178 valence electrons. The average molecular weight is 498 g/mol. The van der Waals surface area contributed by atoms with E-state index in [4.69, 9.17) is 4.74 Å². The summed E-state index contributed by atoms with van der Waals surface area (Å²) in [4.78, 5) is 15.5. The van der Waals surface area contributed by atoms with Crippen LogP contribution in [0.5, 0.6) is 0 Å². The lowest BCUT2D eigenvalue weighted by Gasteiger charge is -2.26. The van der Waals surface area contributed by atoms with Gasteiger partial charge in [0.05, 0.1) is 13.2 Å². The SMILES string of the molecule is O=C(NCc1ccc(CN2CCc3ccccc32)cc1)c1sccc1S(=O)(=O)N1CCOCC1. The predicted molar refractivity (Wildman–Crippen MR) is 133 cm³/mol. The first-order chi connectivity index (χ1) is 16.5. The summed E-state index contributed by atoms with van der Waals surface area (Å²) in [6.07, 6.45) is 1.08. The lowest BCUT2D eigenvalue weighted by molar-refractivity contribution is 0.0730. The molecule has 2 aliphatic heterocycles. The molecule has 0 saturated carbocycles. The van der Waals surface area contributed by atoms with Crippen molar-refractivity contribution in [1.29, 1.82) is 0 Å². The Balaban J connectivity index is 1.20. The zero-order valence-electron chi connectivity index (χ0n) is 18.8. The third-order valence-corrected chi connectivity index (χ3v) is 9.24. The summed E-state index contributed by atoms with van der Waals surface area (Å²) in [5, 5.41) is 4.52. The molecule has 0 radical (unpaired) electrons. The molecule has 1 N–H and O–H groups in total. The number of para-hydroxylation sites is 1. The van der Waals surface area contributed by atoms with Crippen molar-refractivity contribution in [3.8, 4) is 0 Å². The average Bonchev–Trinajstić information content (AvgIpc) is 3.52. The van der Waals surface area contributed by atoms with Gasteiger partial charge in [0.25, 0.3) is 5.91 Å². The fourth-order valence-electron chi connectivity index (χ4n) is 4.41. The Kier molecular flexibility index (Phi) is 6.69. The molecule has 1 amide bonds. The molecule has 0 spiro atoms. The van der Waals surface area contributed by atoms with Crippen LogP contribution < -0.4 is 10.2 Å². The van der Waals surface area contributed by atoms with Crippen molar-refractivity contribution in [2.24, 2.45) is 0 Å². The normalized spacial score (nSPS) is 16.4. The van der Waals surface area contributed by atoms with E-state index in [1.807, 2.05) is 12.1 Å². The number of benzene rings is 2. The first-order valence-corrected chi connectivity index (χ1v) is 13.7. The van der Waals surface area contributed by atoms with Crippen molar-refractivity contribution >= 4 is 33.0 Å². The summed E-state index contributed by atoms with van der Waals surface area (Å²) in [7, 11) is -3.72. The molecule has 1 aromatic heterocycles. The van der Waals surface area contributed by atoms with Gasteiger partial charge in [0, 0.05) is 38.4 Å². The monoisotopic (exact) mass is 497 g/mol. The van der Waals surface area contributed by atoms with Crippen LogP contribution in [0.25, 0.3) is 0 Å². The zero-order valence-corrected chi connectivity index (χ0v) is 20.4. The first-order valence-electron chi connectivity index (χ1n) is 11.4. The van der Waals surface area contributed by atoms with Gasteiger partial charge in [-0.05, 0) is 40.6 Å². The molecule has 7 nitrogen and oxygen atoms in total. The maximum Gasteiger partial charge on any atom is 0.263 e. The molecule has 1 fully saturated rings. The highest BCUT2D eigenvalue weighted by Gasteiger charge is 2.31. The van der Waals surface area contributed by atoms with E-state index in [-0.39, 0.29) is 15.7 Å². The number of carbonyl (C=O) groups excluding carboxylic acids is 1. The van der Waals surface area contributed by atoms with Gasteiger partial charge in [-0.2, -0.15) is 4.31 Å². The number of thiophene rings is 1. The Bertz CT molecular complexity index is 1270. The molecule has 5 rings (SSSR count). The second-order valence-corrected chi connectivity index (χ2v) is 11.3. The number of fused-ring (bicyclic) bond motifs is 1. The Labute approximate surface area is 204 Å². The van der Waals surface area contributed by atoms with E-state index in [0.717, 1.165) is 36.4 Å². The minimum absolute atomic E-state index is 0.0677. The van der Waals surface area contributed by atoms with Crippen LogP contribution in [-0.4, -0.2) is 51.5 Å². The molecule has 0 unspecified atom stereocenters. The van der Waals surface area contributed by atoms with E-state index in [1.54, 1.807) is 5.38 Å². The summed E-state index contributed by atoms with van der Waals surface area (Å²) >= 11 is 1.14. The summed E-state index contributed by atoms with van der Waals surface area (Å²) < 4.78 is 32.6. The fourth-order valence-corrected chi connectivity index (χ4v) is 7.13. The number of amides is 1. The second-order valence-electron chi connectivity index (χ2n) is 8.43. The number of anilines is 1.